The van der Waals surface area contributed by atoms with Crippen molar-refractivity contribution in [3.63, 3.8) is 0 Å². The zero-order valence-electron chi connectivity index (χ0n) is 11.6. The third-order valence-electron chi connectivity index (χ3n) is 3.73. The Labute approximate surface area is 106 Å². The second kappa shape index (κ2) is 6.65. The van der Waals surface area contributed by atoms with Crippen molar-refractivity contribution in [1.29, 1.82) is 0 Å². The molecule has 1 aromatic carbocycles. The normalized spacial score (nSPS) is 14.4. The maximum Gasteiger partial charge on any atom is 0.0366 e. The zero-order chi connectivity index (χ0) is 12.8. The fraction of sp³-hybridized carbons (Fsp3) is 0.600. The number of nitrogens with zero attached hydrogens (tertiary/aromatic N) is 1. The molecule has 0 aliphatic carbocycles. The summed E-state index contributed by atoms with van der Waals surface area (Å²) >= 11 is 0. The van der Waals surface area contributed by atoms with Crippen LogP contribution in [0.3, 0.4) is 0 Å². The van der Waals surface area contributed by atoms with E-state index in [9.17, 15) is 0 Å². The van der Waals surface area contributed by atoms with Crippen LogP contribution >= 0.6 is 0 Å². The fourth-order valence-corrected chi connectivity index (χ4v) is 1.96. The van der Waals surface area contributed by atoms with Gasteiger partial charge in [0.15, 0.2) is 0 Å². The number of rotatable bonds is 6. The first-order chi connectivity index (χ1) is 8.10. The van der Waals surface area contributed by atoms with E-state index in [1.807, 2.05) is 0 Å². The average Bonchev–Trinajstić information content (AvgIpc) is 2.37. The third kappa shape index (κ3) is 3.74. The highest BCUT2D eigenvalue weighted by molar-refractivity contribution is 5.48. The molecule has 0 spiro atoms. The smallest absolute Gasteiger partial charge is 0.0366 e. The number of anilines is 1. The van der Waals surface area contributed by atoms with Crippen LogP contribution in [0.4, 0.5) is 5.69 Å². The topological polar surface area (TPSA) is 29.3 Å². The van der Waals surface area contributed by atoms with Crippen molar-refractivity contribution >= 4 is 5.69 Å². The van der Waals surface area contributed by atoms with E-state index < -0.39 is 0 Å². The summed E-state index contributed by atoms with van der Waals surface area (Å²) in [6.07, 6.45) is 2.22. The predicted molar refractivity (Wildman–Crippen MR) is 76.7 cm³/mol. The quantitative estimate of drug-likeness (QED) is 0.817. The van der Waals surface area contributed by atoms with Gasteiger partial charge in [0.2, 0.25) is 0 Å². The van der Waals surface area contributed by atoms with Crippen molar-refractivity contribution in [1.82, 2.24) is 0 Å². The largest absolute Gasteiger partial charge is 0.372 e. The van der Waals surface area contributed by atoms with Crippen LogP contribution in [-0.2, 0) is 0 Å². The van der Waals surface area contributed by atoms with E-state index in [1.54, 1.807) is 0 Å². The standard InChI is InChI=1S/C15H26N2/c1-5-12(2)14-6-8-15(9-7-14)17(4)13(3)10-11-16/h6-9,12-13H,5,10-11,16H2,1-4H3. The van der Waals surface area contributed by atoms with E-state index in [2.05, 4.69) is 57.0 Å². The lowest BCUT2D eigenvalue weighted by Crippen LogP contribution is -2.30. The molecule has 2 nitrogen and oxygen atoms in total. The molecule has 0 bridgehead atoms. The summed E-state index contributed by atoms with van der Waals surface area (Å²) < 4.78 is 0. The lowest BCUT2D eigenvalue weighted by Gasteiger charge is -2.27. The molecular formula is C15H26N2. The molecule has 0 radical (unpaired) electrons. The monoisotopic (exact) mass is 234 g/mol. The van der Waals surface area contributed by atoms with Gasteiger partial charge in [0.05, 0.1) is 0 Å². The van der Waals surface area contributed by atoms with Gasteiger partial charge in [-0.15, -0.1) is 0 Å². The summed E-state index contributed by atoms with van der Waals surface area (Å²) in [4.78, 5) is 2.30. The van der Waals surface area contributed by atoms with E-state index >= 15 is 0 Å². The molecular weight excluding hydrogens is 208 g/mol. The summed E-state index contributed by atoms with van der Waals surface area (Å²) in [6, 6.07) is 9.42. The van der Waals surface area contributed by atoms with Crippen molar-refractivity contribution in [2.75, 3.05) is 18.5 Å². The van der Waals surface area contributed by atoms with E-state index in [0.717, 1.165) is 13.0 Å². The molecule has 1 rings (SSSR count). The lowest BCUT2D eigenvalue weighted by molar-refractivity contribution is 0.635. The second-order valence-corrected chi connectivity index (χ2v) is 4.94. The Morgan fingerprint density at radius 3 is 2.24 bits per heavy atom. The Kier molecular flexibility index (Phi) is 5.49. The highest BCUT2D eigenvalue weighted by Crippen LogP contribution is 2.23. The first kappa shape index (κ1) is 14.0. The third-order valence-corrected chi connectivity index (χ3v) is 3.73. The molecule has 0 saturated carbocycles. The molecule has 2 heteroatoms. The van der Waals surface area contributed by atoms with Crippen molar-refractivity contribution in [3.05, 3.63) is 29.8 Å². The predicted octanol–water partition coefficient (Wildman–Crippen LogP) is 3.37. The van der Waals surface area contributed by atoms with Crippen LogP contribution in [0.15, 0.2) is 24.3 Å². The van der Waals surface area contributed by atoms with Gasteiger partial charge in [-0.25, -0.2) is 0 Å². The van der Waals surface area contributed by atoms with Crippen molar-refractivity contribution in [2.24, 2.45) is 5.73 Å². The second-order valence-electron chi connectivity index (χ2n) is 4.94. The molecule has 1 aromatic rings. The Bertz CT molecular complexity index is 318. The number of hydrogen-bond acceptors (Lipinski definition) is 2. The van der Waals surface area contributed by atoms with Gasteiger partial charge >= 0.3 is 0 Å². The van der Waals surface area contributed by atoms with E-state index in [0.29, 0.717) is 12.0 Å². The molecule has 96 valence electrons. The van der Waals surface area contributed by atoms with E-state index in [1.165, 1.54) is 17.7 Å². The Morgan fingerprint density at radius 2 is 1.76 bits per heavy atom. The van der Waals surface area contributed by atoms with Crippen LogP contribution in [0.1, 0.15) is 45.1 Å². The summed E-state index contributed by atoms with van der Waals surface area (Å²) in [5.41, 5.74) is 8.30. The molecule has 0 aliphatic heterocycles. The van der Waals surface area contributed by atoms with Crippen LogP contribution in [0.2, 0.25) is 0 Å². The van der Waals surface area contributed by atoms with E-state index in [4.69, 9.17) is 5.73 Å². The van der Waals surface area contributed by atoms with Gasteiger partial charge < -0.3 is 10.6 Å². The van der Waals surface area contributed by atoms with Crippen molar-refractivity contribution in [2.45, 2.75) is 45.6 Å². The van der Waals surface area contributed by atoms with Crippen LogP contribution in [0.25, 0.3) is 0 Å². The first-order valence-electron chi connectivity index (χ1n) is 6.63. The van der Waals surface area contributed by atoms with Gasteiger partial charge in [0, 0.05) is 18.8 Å². The van der Waals surface area contributed by atoms with Crippen LogP contribution in [0.5, 0.6) is 0 Å². The first-order valence-corrected chi connectivity index (χ1v) is 6.63. The van der Waals surface area contributed by atoms with Gasteiger partial charge in [0.25, 0.3) is 0 Å². The molecule has 0 fully saturated rings. The summed E-state index contributed by atoms with van der Waals surface area (Å²) in [5.74, 6) is 0.649. The molecule has 0 amide bonds. The number of benzene rings is 1. The molecule has 2 N–H and O–H groups in total. The molecule has 2 atom stereocenters. The van der Waals surface area contributed by atoms with Crippen LogP contribution in [0, 0.1) is 0 Å². The van der Waals surface area contributed by atoms with Gasteiger partial charge in [-0.3, -0.25) is 0 Å². The van der Waals surface area contributed by atoms with Crippen molar-refractivity contribution < 1.29 is 0 Å². The van der Waals surface area contributed by atoms with Gasteiger partial charge in [-0.05, 0) is 49.9 Å². The maximum atomic E-state index is 5.60. The minimum Gasteiger partial charge on any atom is -0.372 e. The Balaban J connectivity index is 2.73. The molecule has 0 aliphatic rings. The highest BCUT2D eigenvalue weighted by Gasteiger charge is 2.09. The summed E-state index contributed by atoms with van der Waals surface area (Å²) in [7, 11) is 2.14. The van der Waals surface area contributed by atoms with Gasteiger partial charge in [-0.2, -0.15) is 0 Å². The molecule has 17 heavy (non-hydrogen) atoms. The molecule has 2 unspecified atom stereocenters. The number of nitrogens with two attached hydrogens (primary N) is 1. The average molecular weight is 234 g/mol. The Hall–Kier alpha value is -1.02. The van der Waals surface area contributed by atoms with Gasteiger partial charge in [0.1, 0.15) is 0 Å². The van der Waals surface area contributed by atoms with Gasteiger partial charge in [-0.1, -0.05) is 26.0 Å². The highest BCUT2D eigenvalue weighted by atomic mass is 15.1. The minimum absolute atomic E-state index is 0.495. The SMILES string of the molecule is CCC(C)c1ccc(N(C)C(C)CCN)cc1. The Morgan fingerprint density at radius 1 is 1.18 bits per heavy atom. The van der Waals surface area contributed by atoms with Crippen molar-refractivity contribution in [3.8, 4) is 0 Å². The van der Waals surface area contributed by atoms with Crippen LogP contribution < -0.4 is 10.6 Å². The number of hydrogen-bond donors (Lipinski definition) is 1. The van der Waals surface area contributed by atoms with E-state index in [-0.39, 0.29) is 0 Å². The summed E-state index contributed by atoms with van der Waals surface area (Å²) in [6.45, 7) is 7.47. The molecule has 0 saturated heterocycles. The maximum absolute atomic E-state index is 5.60. The molecule has 0 aromatic heterocycles. The zero-order valence-corrected chi connectivity index (χ0v) is 11.6. The lowest BCUT2D eigenvalue weighted by atomic mass is 9.98. The van der Waals surface area contributed by atoms with Crippen LogP contribution in [-0.4, -0.2) is 19.6 Å². The summed E-state index contributed by atoms with van der Waals surface area (Å²) in [5, 5.41) is 0. The molecule has 0 heterocycles. The fourth-order valence-electron chi connectivity index (χ4n) is 1.96. The minimum atomic E-state index is 0.495.